The number of ether oxygens (including phenoxy) is 1. The number of halogens is 1. The molecule has 28 heavy (non-hydrogen) atoms. The summed E-state index contributed by atoms with van der Waals surface area (Å²) in [4.78, 5) is 32.5. The molecule has 0 radical (unpaired) electrons. The maximum atomic E-state index is 14.6. The van der Waals surface area contributed by atoms with Gasteiger partial charge in [-0.15, -0.1) is 0 Å². The molecule has 154 valence electrons. The van der Waals surface area contributed by atoms with Gasteiger partial charge in [-0.2, -0.15) is 11.8 Å². The van der Waals surface area contributed by atoms with E-state index < -0.39 is 17.4 Å². The highest BCUT2D eigenvalue weighted by Crippen LogP contribution is 2.29. The lowest BCUT2D eigenvalue weighted by atomic mass is 10.2. The van der Waals surface area contributed by atoms with Crippen LogP contribution in [0.25, 0.3) is 0 Å². The number of hydrogen-bond donors (Lipinski definition) is 1. The van der Waals surface area contributed by atoms with E-state index in [4.69, 9.17) is 9.57 Å². The van der Waals surface area contributed by atoms with Crippen molar-refractivity contribution in [2.75, 3.05) is 47.5 Å². The number of amides is 2. The number of rotatable bonds is 6. The minimum absolute atomic E-state index is 0.0126. The Labute approximate surface area is 173 Å². The fourth-order valence-corrected chi connectivity index (χ4v) is 4.32. The first-order valence-electron chi connectivity index (χ1n) is 9.12. The topological polar surface area (TPSA) is 62.3 Å². The van der Waals surface area contributed by atoms with Crippen LogP contribution in [-0.4, -0.2) is 66.3 Å². The standard InChI is InChI=1S/C18H24FN3O4S2/c1-12(2)22(18(24)27)25-11-14-10-21(17(23)26-14)13-3-4-16(15(19)9-13)20-5-7-28-8-6-20/h3-4,9,12,14H,5-8,10-11H2,1-2H3,(H,24,27)/t14-/m0/s1. The Bertz CT molecular complexity index is 731. The van der Waals surface area contributed by atoms with E-state index in [1.54, 1.807) is 26.0 Å². The second-order valence-corrected chi connectivity index (χ2v) is 8.46. The molecule has 0 unspecified atom stereocenters. The number of benzene rings is 1. The van der Waals surface area contributed by atoms with Gasteiger partial charge in [0.1, 0.15) is 18.5 Å². The van der Waals surface area contributed by atoms with Crippen molar-refractivity contribution < 1.29 is 23.6 Å². The molecule has 2 amide bonds. The van der Waals surface area contributed by atoms with Gasteiger partial charge in [0.05, 0.1) is 24.0 Å². The highest BCUT2D eigenvalue weighted by atomic mass is 32.2. The first kappa shape index (κ1) is 21.1. The van der Waals surface area contributed by atoms with E-state index in [2.05, 4.69) is 12.6 Å². The Balaban J connectivity index is 1.63. The first-order valence-corrected chi connectivity index (χ1v) is 10.7. The van der Waals surface area contributed by atoms with E-state index in [9.17, 15) is 14.0 Å². The molecule has 1 aromatic carbocycles. The number of carbonyl (C=O) groups excluding carboxylic acids is 2. The van der Waals surface area contributed by atoms with Crippen LogP contribution >= 0.6 is 24.4 Å². The zero-order valence-electron chi connectivity index (χ0n) is 15.8. The van der Waals surface area contributed by atoms with Crippen molar-refractivity contribution in [1.82, 2.24) is 5.06 Å². The van der Waals surface area contributed by atoms with Gasteiger partial charge in [-0.1, -0.05) is 12.6 Å². The minimum atomic E-state index is -0.566. The van der Waals surface area contributed by atoms with Crippen LogP contribution in [0, 0.1) is 5.82 Å². The summed E-state index contributed by atoms with van der Waals surface area (Å²) in [5.41, 5.74) is 0.988. The van der Waals surface area contributed by atoms with E-state index in [0.717, 1.165) is 29.7 Å². The molecule has 2 saturated heterocycles. The lowest BCUT2D eigenvalue weighted by Crippen LogP contribution is -2.36. The summed E-state index contributed by atoms with van der Waals surface area (Å²) in [6.07, 6.45) is -1.13. The summed E-state index contributed by atoms with van der Waals surface area (Å²) in [7, 11) is 0. The molecule has 2 aliphatic heterocycles. The summed E-state index contributed by atoms with van der Waals surface area (Å²) in [6.45, 7) is 5.41. The molecule has 1 aromatic rings. The Kier molecular flexibility index (Phi) is 6.95. The average Bonchev–Trinajstić information content (AvgIpc) is 3.02. The Hall–Kier alpha value is -1.65. The SMILES string of the molecule is CC(C)N(OC[C@@H]1CN(c2ccc(N3CCSCC3)c(F)c2)C(=O)O1)C(=O)S. The normalized spacial score (nSPS) is 19.9. The van der Waals surface area contributed by atoms with E-state index in [-0.39, 0.29) is 25.0 Å². The van der Waals surface area contributed by atoms with Crippen molar-refractivity contribution >= 4 is 47.1 Å². The molecule has 1 atom stereocenters. The molecule has 2 aliphatic rings. The summed E-state index contributed by atoms with van der Waals surface area (Å²) < 4.78 is 19.9. The highest BCUT2D eigenvalue weighted by Gasteiger charge is 2.34. The fourth-order valence-electron chi connectivity index (χ4n) is 3.13. The lowest BCUT2D eigenvalue weighted by molar-refractivity contribution is -0.146. The zero-order chi connectivity index (χ0) is 20.3. The van der Waals surface area contributed by atoms with Crippen LogP contribution in [0.5, 0.6) is 0 Å². The van der Waals surface area contributed by atoms with Crippen LogP contribution in [0.1, 0.15) is 13.8 Å². The van der Waals surface area contributed by atoms with Crippen LogP contribution < -0.4 is 9.80 Å². The number of thiol groups is 1. The highest BCUT2D eigenvalue weighted by molar-refractivity contribution is 7.99. The van der Waals surface area contributed by atoms with Crippen molar-refractivity contribution in [3.63, 3.8) is 0 Å². The monoisotopic (exact) mass is 429 g/mol. The number of anilines is 2. The maximum Gasteiger partial charge on any atom is 0.414 e. The number of carbonyl (C=O) groups is 2. The van der Waals surface area contributed by atoms with Gasteiger partial charge in [0.2, 0.25) is 0 Å². The molecule has 2 heterocycles. The number of hydroxylamine groups is 2. The number of cyclic esters (lactones) is 1. The third-order valence-corrected chi connectivity index (χ3v) is 5.67. The maximum absolute atomic E-state index is 14.6. The van der Waals surface area contributed by atoms with Gasteiger partial charge >= 0.3 is 11.3 Å². The lowest BCUT2D eigenvalue weighted by Gasteiger charge is -2.29. The predicted molar refractivity (Wildman–Crippen MR) is 111 cm³/mol. The van der Waals surface area contributed by atoms with Crippen molar-refractivity contribution in [2.45, 2.75) is 26.0 Å². The minimum Gasteiger partial charge on any atom is -0.441 e. The van der Waals surface area contributed by atoms with Gasteiger partial charge in [0, 0.05) is 24.6 Å². The van der Waals surface area contributed by atoms with Crippen LogP contribution in [0.4, 0.5) is 25.4 Å². The molecular weight excluding hydrogens is 405 g/mol. The van der Waals surface area contributed by atoms with Crippen LogP contribution in [0.3, 0.4) is 0 Å². The predicted octanol–water partition coefficient (Wildman–Crippen LogP) is 3.40. The molecule has 0 spiro atoms. The Morgan fingerprint density at radius 1 is 1.43 bits per heavy atom. The van der Waals surface area contributed by atoms with Crippen molar-refractivity contribution in [3.05, 3.63) is 24.0 Å². The summed E-state index contributed by atoms with van der Waals surface area (Å²) in [6, 6.07) is 4.59. The number of thioether (sulfide) groups is 1. The molecule has 0 aromatic heterocycles. The van der Waals surface area contributed by atoms with Crippen LogP contribution in [-0.2, 0) is 9.57 Å². The van der Waals surface area contributed by atoms with Gasteiger partial charge in [-0.25, -0.2) is 14.2 Å². The molecule has 0 bridgehead atoms. The molecular formula is C18H24FN3O4S2. The molecule has 3 rings (SSSR count). The zero-order valence-corrected chi connectivity index (χ0v) is 17.5. The molecule has 0 N–H and O–H groups in total. The average molecular weight is 430 g/mol. The van der Waals surface area contributed by atoms with Crippen molar-refractivity contribution in [3.8, 4) is 0 Å². The van der Waals surface area contributed by atoms with Gasteiger partial charge in [-0.3, -0.25) is 14.5 Å². The number of nitrogens with zero attached hydrogens (tertiary/aromatic N) is 3. The third-order valence-electron chi connectivity index (χ3n) is 4.53. The second-order valence-electron chi connectivity index (χ2n) is 6.85. The molecule has 0 saturated carbocycles. The van der Waals surface area contributed by atoms with Gasteiger partial charge in [0.25, 0.3) is 0 Å². The van der Waals surface area contributed by atoms with E-state index in [1.807, 2.05) is 16.7 Å². The number of hydrogen-bond acceptors (Lipinski definition) is 6. The quantitative estimate of drug-likeness (QED) is 0.553. The molecule has 0 aliphatic carbocycles. The van der Waals surface area contributed by atoms with Gasteiger partial charge in [-0.05, 0) is 32.0 Å². The summed E-state index contributed by atoms with van der Waals surface area (Å²) >= 11 is 5.62. The third kappa shape index (κ3) is 4.84. The van der Waals surface area contributed by atoms with E-state index in [1.165, 1.54) is 11.0 Å². The summed E-state index contributed by atoms with van der Waals surface area (Å²) in [5, 5.41) is 0.593. The van der Waals surface area contributed by atoms with Crippen molar-refractivity contribution in [2.24, 2.45) is 0 Å². The van der Waals surface area contributed by atoms with Crippen LogP contribution in [0.15, 0.2) is 18.2 Å². The second kappa shape index (κ2) is 9.23. The van der Waals surface area contributed by atoms with Crippen molar-refractivity contribution in [1.29, 1.82) is 0 Å². The van der Waals surface area contributed by atoms with Crippen LogP contribution in [0.2, 0.25) is 0 Å². The van der Waals surface area contributed by atoms with Gasteiger partial charge in [0.15, 0.2) is 0 Å². The summed E-state index contributed by atoms with van der Waals surface area (Å²) in [5.74, 6) is 1.59. The smallest absolute Gasteiger partial charge is 0.414 e. The molecule has 10 heteroatoms. The van der Waals surface area contributed by atoms with Gasteiger partial charge < -0.3 is 9.64 Å². The van der Waals surface area contributed by atoms with E-state index in [0.29, 0.717) is 11.4 Å². The van der Waals surface area contributed by atoms with E-state index >= 15 is 0 Å². The Morgan fingerprint density at radius 2 is 2.14 bits per heavy atom. The Morgan fingerprint density at radius 3 is 2.75 bits per heavy atom. The fraction of sp³-hybridized carbons (Fsp3) is 0.556. The first-order chi connectivity index (χ1) is 13.4. The molecule has 2 fully saturated rings. The molecule has 7 nitrogen and oxygen atoms in total. The largest absolute Gasteiger partial charge is 0.441 e.